The molecule has 0 radical (unpaired) electrons. The number of aliphatic carboxylic acids is 1. The smallest absolute Gasteiger partial charge is 0.317 e. The minimum atomic E-state index is -0.857. The quantitative estimate of drug-likeness (QED) is 0.919. The van der Waals surface area contributed by atoms with Crippen molar-refractivity contribution < 1.29 is 23.5 Å². The second-order valence-electron chi connectivity index (χ2n) is 6.45. The summed E-state index contributed by atoms with van der Waals surface area (Å²) >= 11 is 0. The van der Waals surface area contributed by atoms with Gasteiger partial charge in [0.25, 0.3) is 5.91 Å². The van der Waals surface area contributed by atoms with Crippen molar-refractivity contribution in [2.24, 2.45) is 0 Å². The van der Waals surface area contributed by atoms with Crippen LogP contribution in [0.4, 0.5) is 4.39 Å². The van der Waals surface area contributed by atoms with Crippen molar-refractivity contribution in [2.75, 3.05) is 26.7 Å². The Morgan fingerprint density at radius 1 is 1.36 bits per heavy atom. The molecule has 134 valence electrons. The number of para-hydroxylation sites is 1. The van der Waals surface area contributed by atoms with Gasteiger partial charge in [0.05, 0.1) is 6.54 Å². The average Bonchev–Trinajstić information content (AvgIpc) is 2.85. The first-order chi connectivity index (χ1) is 12.0. The van der Waals surface area contributed by atoms with Crippen molar-refractivity contribution in [2.45, 2.75) is 25.3 Å². The Balaban J connectivity index is 1.70. The maximum Gasteiger partial charge on any atom is 0.317 e. The molecule has 0 bridgehead atoms. The van der Waals surface area contributed by atoms with Gasteiger partial charge < -0.3 is 14.4 Å². The maximum atomic E-state index is 13.7. The molecule has 1 aromatic carbocycles. The van der Waals surface area contributed by atoms with E-state index >= 15 is 0 Å². The fraction of sp³-hybridized carbons (Fsp3) is 0.444. The number of hydrogen-bond donors (Lipinski definition) is 1. The molecule has 0 spiro atoms. The first-order valence-corrected chi connectivity index (χ1v) is 8.35. The van der Waals surface area contributed by atoms with Crippen LogP contribution in [-0.2, 0) is 4.79 Å². The van der Waals surface area contributed by atoms with Gasteiger partial charge in [0.2, 0.25) is 0 Å². The van der Waals surface area contributed by atoms with Crippen LogP contribution < -0.4 is 0 Å². The average molecular weight is 348 g/mol. The normalized spacial score (nSPS) is 18.5. The van der Waals surface area contributed by atoms with Crippen LogP contribution in [0.5, 0.6) is 0 Å². The molecule has 1 aliphatic rings. The first-order valence-electron chi connectivity index (χ1n) is 8.35. The van der Waals surface area contributed by atoms with Gasteiger partial charge in [0.1, 0.15) is 0 Å². The number of likely N-dealkylation sites (N-methyl/N-ethyl adjacent to an activating group) is 1. The molecule has 0 aliphatic carbocycles. The van der Waals surface area contributed by atoms with Gasteiger partial charge in [-0.15, -0.1) is 0 Å². The van der Waals surface area contributed by atoms with E-state index in [1.54, 1.807) is 30.1 Å². The molecular weight excluding hydrogens is 327 g/mol. The lowest BCUT2D eigenvalue weighted by molar-refractivity contribution is -0.138. The summed E-state index contributed by atoms with van der Waals surface area (Å²) in [5, 5.41) is 9.48. The molecule has 0 saturated carbocycles. The topological polar surface area (TPSA) is 74.0 Å². The molecular formula is C18H21FN2O4. The molecule has 2 heterocycles. The van der Waals surface area contributed by atoms with Crippen LogP contribution in [0.3, 0.4) is 0 Å². The summed E-state index contributed by atoms with van der Waals surface area (Å²) in [5.41, 5.74) is 0.0970. The number of nitrogens with zero attached hydrogens (tertiary/aromatic N) is 2. The van der Waals surface area contributed by atoms with E-state index in [2.05, 4.69) is 0 Å². The molecule has 7 heteroatoms. The number of rotatable bonds is 4. The Kier molecular flexibility index (Phi) is 5.03. The van der Waals surface area contributed by atoms with Crippen LogP contribution in [0.25, 0.3) is 11.0 Å². The lowest BCUT2D eigenvalue weighted by Gasteiger charge is -2.25. The van der Waals surface area contributed by atoms with E-state index in [9.17, 15) is 14.0 Å². The molecule has 1 atom stereocenters. The van der Waals surface area contributed by atoms with Crippen LogP contribution in [0, 0.1) is 5.82 Å². The van der Waals surface area contributed by atoms with Crippen molar-refractivity contribution in [3.8, 4) is 0 Å². The third-order valence-corrected chi connectivity index (χ3v) is 4.70. The molecule has 1 N–H and O–H groups in total. The SMILES string of the molecule is CN(CC(=O)O)C1CCCN(C(=O)c2cc3cccc(F)c3o2)CC1. The maximum absolute atomic E-state index is 13.7. The molecule has 6 nitrogen and oxygen atoms in total. The summed E-state index contributed by atoms with van der Waals surface area (Å²) in [5.74, 6) is -1.46. The Bertz CT molecular complexity index is 788. The Morgan fingerprint density at radius 2 is 2.16 bits per heavy atom. The van der Waals surface area contributed by atoms with Gasteiger partial charge in [-0.1, -0.05) is 12.1 Å². The number of benzene rings is 1. The fourth-order valence-corrected chi connectivity index (χ4v) is 3.35. The van der Waals surface area contributed by atoms with E-state index in [1.807, 2.05) is 4.90 Å². The van der Waals surface area contributed by atoms with Crippen molar-refractivity contribution in [3.63, 3.8) is 0 Å². The number of carbonyl (C=O) groups is 2. The highest BCUT2D eigenvalue weighted by molar-refractivity contribution is 5.96. The van der Waals surface area contributed by atoms with E-state index in [0.717, 1.165) is 12.8 Å². The van der Waals surface area contributed by atoms with Gasteiger partial charge in [0, 0.05) is 24.5 Å². The largest absolute Gasteiger partial charge is 0.480 e. The standard InChI is InChI=1S/C18H21FN2O4/c1-20(11-16(22)23)13-5-3-8-21(9-7-13)18(24)15-10-12-4-2-6-14(19)17(12)25-15/h2,4,6,10,13H,3,5,7-9,11H2,1H3,(H,22,23). The summed E-state index contributed by atoms with van der Waals surface area (Å²) in [6, 6.07) is 6.28. The zero-order valence-electron chi connectivity index (χ0n) is 14.1. The van der Waals surface area contributed by atoms with Crippen LogP contribution in [0.1, 0.15) is 29.8 Å². The van der Waals surface area contributed by atoms with E-state index in [4.69, 9.17) is 9.52 Å². The Hall–Kier alpha value is -2.41. The predicted octanol–water partition coefficient (Wildman–Crippen LogP) is 2.58. The number of amides is 1. The molecule has 1 unspecified atom stereocenters. The molecule has 1 amide bonds. The number of carboxylic acids is 1. The van der Waals surface area contributed by atoms with Crippen LogP contribution in [-0.4, -0.2) is 59.5 Å². The minimum Gasteiger partial charge on any atom is -0.480 e. The number of furan rings is 1. The number of fused-ring (bicyclic) bond motifs is 1. The van der Waals surface area contributed by atoms with Crippen molar-refractivity contribution in [3.05, 3.63) is 35.8 Å². The summed E-state index contributed by atoms with van der Waals surface area (Å²) in [6.07, 6.45) is 2.32. The highest BCUT2D eigenvalue weighted by atomic mass is 19.1. The van der Waals surface area contributed by atoms with Crippen LogP contribution >= 0.6 is 0 Å². The van der Waals surface area contributed by atoms with E-state index in [1.165, 1.54) is 6.07 Å². The van der Waals surface area contributed by atoms with Gasteiger partial charge in [-0.25, -0.2) is 4.39 Å². The van der Waals surface area contributed by atoms with Crippen molar-refractivity contribution in [1.29, 1.82) is 0 Å². The van der Waals surface area contributed by atoms with Crippen molar-refractivity contribution >= 4 is 22.8 Å². The number of carbonyl (C=O) groups excluding carboxylic acids is 1. The van der Waals surface area contributed by atoms with Gasteiger partial charge in [0.15, 0.2) is 17.2 Å². The molecule has 1 aromatic heterocycles. The zero-order chi connectivity index (χ0) is 18.0. The summed E-state index contributed by atoms with van der Waals surface area (Å²) in [6.45, 7) is 1.09. The molecule has 3 rings (SSSR count). The third kappa shape index (κ3) is 3.82. The Labute approximate surface area is 144 Å². The summed E-state index contributed by atoms with van der Waals surface area (Å²) < 4.78 is 19.2. The fourth-order valence-electron chi connectivity index (χ4n) is 3.35. The highest BCUT2D eigenvalue weighted by Crippen LogP contribution is 2.24. The second kappa shape index (κ2) is 7.23. The zero-order valence-corrected chi connectivity index (χ0v) is 14.1. The Morgan fingerprint density at radius 3 is 2.88 bits per heavy atom. The van der Waals surface area contributed by atoms with Crippen LogP contribution in [0.2, 0.25) is 0 Å². The molecule has 25 heavy (non-hydrogen) atoms. The summed E-state index contributed by atoms with van der Waals surface area (Å²) in [4.78, 5) is 27.1. The van der Waals surface area contributed by atoms with Gasteiger partial charge in [-0.05, 0) is 38.4 Å². The molecule has 1 saturated heterocycles. The van der Waals surface area contributed by atoms with E-state index in [-0.39, 0.29) is 29.8 Å². The van der Waals surface area contributed by atoms with E-state index in [0.29, 0.717) is 24.9 Å². The lowest BCUT2D eigenvalue weighted by Crippen LogP contribution is -2.37. The predicted molar refractivity (Wildman–Crippen MR) is 90.0 cm³/mol. The van der Waals surface area contributed by atoms with E-state index < -0.39 is 11.8 Å². The molecule has 1 aliphatic heterocycles. The van der Waals surface area contributed by atoms with Crippen LogP contribution in [0.15, 0.2) is 28.7 Å². The molecule has 2 aromatic rings. The van der Waals surface area contributed by atoms with Crippen molar-refractivity contribution in [1.82, 2.24) is 9.80 Å². The lowest BCUT2D eigenvalue weighted by atomic mass is 10.1. The second-order valence-corrected chi connectivity index (χ2v) is 6.45. The monoisotopic (exact) mass is 348 g/mol. The number of hydrogen-bond acceptors (Lipinski definition) is 4. The number of carboxylic acid groups (broad SMARTS) is 1. The van der Waals surface area contributed by atoms with Gasteiger partial charge in [-0.3, -0.25) is 14.5 Å². The highest BCUT2D eigenvalue weighted by Gasteiger charge is 2.26. The van der Waals surface area contributed by atoms with Gasteiger partial charge >= 0.3 is 5.97 Å². The van der Waals surface area contributed by atoms with Gasteiger partial charge in [-0.2, -0.15) is 0 Å². The number of likely N-dealkylation sites (tertiary alicyclic amines) is 1. The molecule has 1 fully saturated rings. The third-order valence-electron chi connectivity index (χ3n) is 4.70. The minimum absolute atomic E-state index is 0.0124. The number of halogens is 1. The summed E-state index contributed by atoms with van der Waals surface area (Å²) in [7, 11) is 1.79. The first kappa shape index (κ1) is 17.4.